The van der Waals surface area contributed by atoms with Gasteiger partial charge in [0.15, 0.2) is 11.3 Å². The predicted molar refractivity (Wildman–Crippen MR) is 96.6 cm³/mol. The number of benzene rings is 3. The van der Waals surface area contributed by atoms with Crippen LogP contribution in [0.5, 0.6) is 11.5 Å². The highest BCUT2D eigenvalue weighted by Gasteiger charge is 2.33. The maximum absolute atomic E-state index is 12.6. The number of ether oxygens (including phenoxy) is 1. The molecular weight excluding hydrogens is 352 g/mol. The topological polar surface area (TPSA) is 78.6 Å². The van der Waals surface area contributed by atoms with E-state index in [9.17, 15) is 14.9 Å². The lowest BCUT2D eigenvalue weighted by Gasteiger charge is -2.09. The molecule has 128 valence electrons. The fourth-order valence-electron chi connectivity index (χ4n) is 2.68. The molecule has 0 aromatic heterocycles. The predicted octanol–water partition coefficient (Wildman–Crippen LogP) is 5.00. The van der Waals surface area contributed by atoms with Crippen molar-refractivity contribution >= 4 is 29.0 Å². The largest absolute Gasteiger partial charge is 0.454 e. The Labute approximate surface area is 153 Å². The Bertz CT molecular complexity index is 1020. The first-order valence-electron chi connectivity index (χ1n) is 7.77. The fraction of sp³-hybridized carbons (Fsp3) is 0. The quantitative estimate of drug-likeness (QED) is 0.639. The molecule has 3 aromatic carbocycles. The first-order valence-corrected chi connectivity index (χ1v) is 8.59. The van der Waals surface area contributed by atoms with Gasteiger partial charge in [0.05, 0.1) is 10.6 Å². The average Bonchev–Trinajstić information content (AvgIpc) is 2.77. The maximum Gasteiger partial charge on any atom is 0.334 e. The summed E-state index contributed by atoms with van der Waals surface area (Å²) in [7, 11) is 0. The zero-order valence-electron chi connectivity index (χ0n) is 13.4. The zero-order valence-corrected chi connectivity index (χ0v) is 14.2. The van der Waals surface area contributed by atoms with Crippen molar-refractivity contribution in [1.29, 1.82) is 0 Å². The van der Waals surface area contributed by atoms with Gasteiger partial charge in [-0.15, -0.1) is 0 Å². The monoisotopic (exact) mass is 365 g/mol. The lowest BCUT2D eigenvalue weighted by molar-refractivity contribution is -0.730. The number of carbonyl (C=O) groups is 1. The highest BCUT2D eigenvalue weighted by atomic mass is 32.2. The van der Waals surface area contributed by atoms with Crippen molar-refractivity contribution in [3.05, 3.63) is 77.2 Å². The van der Waals surface area contributed by atoms with Crippen LogP contribution in [0.4, 0.5) is 11.4 Å². The molecule has 1 aliphatic rings. The molecule has 2 N–H and O–H groups in total. The maximum atomic E-state index is 12.6. The summed E-state index contributed by atoms with van der Waals surface area (Å²) in [5.74, 6) is 0.146. The lowest BCUT2D eigenvalue weighted by atomic mass is 10.1. The summed E-state index contributed by atoms with van der Waals surface area (Å²) in [5, 5.41) is 12.2. The highest BCUT2D eigenvalue weighted by Crippen LogP contribution is 2.42. The van der Waals surface area contributed by atoms with Gasteiger partial charge in [-0.2, -0.15) is 0 Å². The molecule has 1 aliphatic heterocycles. The van der Waals surface area contributed by atoms with Crippen LogP contribution in [-0.2, 0) is 0 Å². The second-order valence-electron chi connectivity index (χ2n) is 5.56. The molecule has 1 heterocycles. The van der Waals surface area contributed by atoms with E-state index in [1.54, 1.807) is 30.3 Å². The molecule has 0 atom stereocenters. The third-order valence-corrected chi connectivity index (χ3v) is 4.80. The molecule has 0 radical (unpaired) electrons. The van der Waals surface area contributed by atoms with E-state index >= 15 is 0 Å². The van der Waals surface area contributed by atoms with Crippen molar-refractivity contribution < 1.29 is 19.7 Å². The van der Waals surface area contributed by atoms with Gasteiger partial charge in [-0.25, -0.2) is 5.21 Å². The van der Waals surface area contributed by atoms with Gasteiger partial charge in [0.1, 0.15) is 5.75 Å². The van der Waals surface area contributed by atoms with Gasteiger partial charge in [-0.1, -0.05) is 42.1 Å². The SMILES string of the molecule is O=C1Nc2ccccc2Oc2cc(Sc3ccccc3)cc([N+](=O)O)c21. The number of para-hydroxylation sites is 2. The van der Waals surface area contributed by atoms with E-state index in [1.807, 2.05) is 30.3 Å². The summed E-state index contributed by atoms with van der Waals surface area (Å²) in [5.41, 5.74) is 0.301. The average molecular weight is 365 g/mol. The first kappa shape index (κ1) is 16.2. The van der Waals surface area contributed by atoms with Gasteiger partial charge >= 0.3 is 5.69 Å². The Morgan fingerprint density at radius 1 is 0.923 bits per heavy atom. The van der Waals surface area contributed by atoms with E-state index in [-0.39, 0.29) is 21.9 Å². The molecule has 0 saturated carbocycles. The molecule has 0 saturated heterocycles. The third-order valence-electron chi connectivity index (χ3n) is 3.82. The van der Waals surface area contributed by atoms with Gasteiger partial charge in [0.25, 0.3) is 10.8 Å². The number of nitrogens with zero attached hydrogens (tertiary/aromatic N) is 1. The molecule has 3 aromatic rings. The normalized spacial score (nSPS) is 12.2. The second kappa shape index (κ2) is 6.53. The zero-order chi connectivity index (χ0) is 18.1. The number of hydrogen-bond acceptors (Lipinski definition) is 4. The molecule has 0 spiro atoms. The number of hydrogen-bond donors (Lipinski definition) is 2. The minimum atomic E-state index is -0.522. The summed E-state index contributed by atoms with van der Waals surface area (Å²) in [6.07, 6.45) is 0. The molecule has 0 fully saturated rings. The Morgan fingerprint density at radius 2 is 1.65 bits per heavy atom. The summed E-state index contributed by atoms with van der Waals surface area (Å²) in [6.45, 7) is 0. The van der Waals surface area contributed by atoms with Gasteiger partial charge in [-0.3, -0.25) is 4.79 Å². The molecule has 26 heavy (non-hydrogen) atoms. The fourth-order valence-corrected chi connectivity index (χ4v) is 3.58. The molecule has 0 bridgehead atoms. The molecule has 0 unspecified atom stereocenters. The summed E-state index contributed by atoms with van der Waals surface area (Å²) in [6, 6.07) is 19.7. The van der Waals surface area contributed by atoms with Crippen molar-refractivity contribution in [2.24, 2.45) is 0 Å². The molecule has 4 rings (SSSR count). The molecule has 0 aliphatic carbocycles. The van der Waals surface area contributed by atoms with Crippen molar-refractivity contribution in [1.82, 2.24) is 0 Å². The van der Waals surface area contributed by atoms with E-state index in [0.717, 1.165) is 4.90 Å². The number of carbonyl (C=O) groups excluding carboxylic acids is 1. The minimum Gasteiger partial charge on any atom is -0.454 e. The van der Waals surface area contributed by atoms with Crippen molar-refractivity contribution in [2.75, 3.05) is 5.32 Å². The first-order chi connectivity index (χ1) is 12.6. The van der Waals surface area contributed by atoms with Crippen LogP contribution in [0.3, 0.4) is 0 Å². The molecule has 1 amide bonds. The Hall–Kier alpha value is -3.32. The van der Waals surface area contributed by atoms with Crippen LogP contribution >= 0.6 is 11.8 Å². The van der Waals surface area contributed by atoms with Gasteiger partial charge in [0.2, 0.25) is 0 Å². The molecular formula is C19H13N2O4S+. The van der Waals surface area contributed by atoms with E-state index in [4.69, 9.17) is 4.74 Å². The van der Waals surface area contributed by atoms with Crippen molar-refractivity contribution in [3.8, 4) is 11.5 Å². The van der Waals surface area contributed by atoms with Crippen LogP contribution in [-0.4, -0.2) is 16.0 Å². The van der Waals surface area contributed by atoms with Gasteiger partial charge < -0.3 is 10.1 Å². The molecule has 6 nitrogen and oxygen atoms in total. The van der Waals surface area contributed by atoms with E-state index < -0.39 is 5.91 Å². The number of fused-ring (bicyclic) bond motifs is 2. The van der Waals surface area contributed by atoms with E-state index in [2.05, 4.69) is 5.32 Å². The minimum absolute atomic E-state index is 0.0175. The van der Waals surface area contributed by atoms with Gasteiger partial charge in [0, 0.05) is 15.9 Å². The summed E-state index contributed by atoms with van der Waals surface area (Å²) >= 11 is 1.39. The van der Waals surface area contributed by atoms with E-state index in [0.29, 0.717) is 16.3 Å². The van der Waals surface area contributed by atoms with Crippen molar-refractivity contribution in [3.63, 3.8) is 0 Å². The summed E-state index contributed by atoms with van der Waals surface area (Å²) in [4.78, 5) is 25.6. The van der Waals surface area contributed by atoms with E-state index in [1.165, 1.54) is 17.8 Å². The van der Waals surface area contributed by atoms with Gasteiger partial charge in [-0.05, 0) is 30.3 Å². The standard InChI is InChI=1S/C19H12N2O4S/c22-19-18-15(21(23)24)10-13(26-12-6-2-1-3-7-12)11-17(18)25-16-9-5-4-8-14(16)20-19/h1-11H,(H-,20,22,23,24)/p+1. The second-order valence-corrected chi connectivity index (χ2v) is 6.70. The Morgan fingerprint density at radius 3 is 2.42 bits per heavy atom. The van der Waals surface area contributed by atoms with Crippen LogP contribution in [0.15, 0.2) is 76.5 Å². The Balaban J connectivity index is 1.84. The number of rotatable bonds is 3. The van der Waals surface area contributed by atoms with Crippen LogP contribution < -0.4 is 10.1 Å². The van der Waals surface area contributed by atoms with Crippen LogP contribution in [0.1, 0.15) is 10.4 Å². The lowest BCUT2D eigenvalue weighted by Crippen LogP contribution is -2.13. The number of amides is 1. The number of anilines is 1. The molecule has 7 heteroatoms. The number of nitrogens with one attached hydrogen (secondary N) is 1. The highest BCUT2D eigenvalue weighted by molar-refractivity contribution is 7.99. The van der Waals surface area contributed by atoms with Crippen LogP contribution in [0.2, 0.25) is 0 Å². The van der Waals surface area contributed by atoms with Crippen molar-refractivity contribution in [2.45, 2.75) is 9.79 Å². The third kappa shape index (κ3) is 3.00. The Kier molecular flexibility index (Phi) is 4.06. The van der Waals surface area contributed by atoms with Crippen LogP contribution in [0, 0.1) is 4.91 Å². The van der Waals surface area contributed by atoms with Crippen LogP contribution in [0.25, 0.3) is 0 Å². The smallest absolute Gasteiger partial charge is 0.334 e. The summed E-state index contributed by atoms with van der Waals surface area (Å²) < 4.78 is 5.87.